The molecule has 0 aliphatic carbocycles. The van der Waals surface area contributed by atoms with Gasteiger partial charge in [0.05, 0.1) is 36.0 Å². The van der Waals surface area contributed by atoms with Gasteiger partial charge >= 0.3 is 19.5 Å². The molecule has 0 amide bonds. The monoisotopic (exact) mass is 648 g/mol. The summed E-state index contributed by atoms with van der Waals surface area (Å²) in [6, 6.07) is 4.99. The number of carbonyl (C=O) groups is 1. The van der Waals surface area contributed by atoms with Crippen LogP contribution in [0.3, 0.4) is 0 Å². The molecular weight excluding hydrogens is 623 g/mol. The number of nitrogens with one attached hydrogen (secondary N) is 1. The van der Waals surface area contributed by atoms with Gasteiger partial charge in [0.1, 0.15) is 12.3 Å². The van der Waals surface area contributed by atoms with E-state index in [-0.39, 0.29) is 23.4 Å². The number of ether oxygens (including phenoxy) is 1. The summed E-state index contributed by atoms with van der Waals surface area (Å²) in [5.41, 5.74) is -3.01. The van der Waals surface area contributed by atoms with Crippen molar-refractivity contribution >= 4 is 47.2 Å². The molecule has 1 aromatic heterocycles. The zero-order valence-electron chi connectivity index (χ0n) is 21.3. The number of nitrogens with zero attached hydrogens (tertiary/aromatic N) is 3. The minimum absolute atomic E-state index is 0.113. The average molecular weight is 649 g/mol. The smallest absolute Gasteiger partial charge is 0.390 e. The summed E-state index contributed by atoms with van der Waals surface area (Å²) in [7, 11) is -3.84. The molecule has 0 saturated carbocycles. The molecule has 2 heterocycles. The lowest BCUT2D eigenvalue weighted by molar-refractivity contribution is -0.384. The maximum atomic E-state index is 12.9. The first-order valence-electron chi connectivity index (χ1n) is 11.5. The standard InChI is InChI=1S/C22H26BrN4O12P/c1-22(2,26(36-3)14-4-6-15(7-5-14)27(32)33)20(30)39-40(34,35)37-12-17-16(28)10-18(38-17)25-11-13(8-9-23)19(29)24-21(25)31/h4-9,11,16-18,28H,10,12H2,1-3H3,(H,34,35)(H,24,29,31)/b9-8+/t16-,17+,18+/m0/s1. The van der Waals surface area contributed by atoms with Crippen molar-refractivity contribution < 1.29 is 42.9 Å². The summed E-state index contributed by atoms with van der Waals surface area (Å²) >= 11 is 3.04. The summed E-state index contributed by atoms with van der Waals surface area (Å²) in [6.07, 6.45) is -0.957. The first-order valence-corrected chi connectivity index (χ1v) is 13.9. The third-order valence-electron chi connectivity index (χ3n) is 5.84. The van der Waals surface area contributed by atoms with E-state index in [0.717, 1.165) is 9.63 Å². The predicted molar refractivity (Wildman–Crippen MR) is 142 cm³/mol. The van der Waals surface area contributed by atoms with Gasteiger partial charge < -0.3 is 14.4 Å². The van der Waals surface area contributed by atoms with Crippen LogP contribution in [0.5, 0.6) is 0 Å². The minimum atomic E-state index is -5.05. The summed E-state index contributed by atoms with van der Waals surface area (Å²) < 4.78 is 28.8. The third-order valence-corrected chi connectivity index (χ3v) is 6.97. The van der Waals surface area contributed by atoms with E-state index in [9.17, 15) is 39.1 Å². The molecule has 2 aromatic rings. The summed E-state index contributed by atoms with van der Waals surface area (Å²) in [5, 5.41) is 22.3. The lowest BCUT2D eigenvalue weighted by Crippen LogP contribution is -2.50. The number of benzene rings is 1. The Labute approximate surface area is 234 Å². The molecule has 4 atom stereocenters. The van der Waals surface area contributed by atoms with Crippen LogP contribution in [0.4, 0.5) is 11.4 Å². The summed E-state index contributed by atoms with van der Waals surface area (Å²) in [5.74, 6) is -1.24. The Morgan fingerprint density at radius 3 is 2.60 bits per heavy atom. The molecule has 0 spiro atoms. The lowest BCUT2D eigenvalue weighted by atomic mass is 10.0. The second-order valence-corrected chi connectivity index (χ2v) is 10.8. The number of rotatable bonds is 11. The quantitative estimate of drug-likeness (QED) is 0.181. The number of hydrogen-bond acceptors (Lipinski definition) is 12. The van der Waals surface area contributed by atoms with Gasteiger partial charge in [-0.15, -0.1) is 0 Å². The number of aliphatic hydroxyl groups is 1. The number of halogens is 1. The minimum Gasteiger partial charge on any atom is -0.390 e. The van der Waals surface area contributed by atoms with Gasteiger partial charge in [0.15, 0.2) is 5.54 Å². The molecule has 0 bridgehead atoms. The molecule has 16 nitrogen and oxygen atoms in total. The van der Waals surface area contributed by atoms with Crippen molar-refractivity contribution in [2.45, 2.75) is 44.2 Å². The number of nitro benzene ring substituents is 1. The highest BCUT2D eigenvalue weighted by atomic mass is 79.9. The van der Waals surface area contributed by atoms with Crippen LogP contribution in [0, 0.1) is 10.1 Å². The number of phosphoric acid groups is 1. The van der Waals surface area contributed by atoms with Gasteiger partial charge in [-0.05, 0) is 37.0 Å². The van der Waals surface area contributed by atoms with Crippen molar-refractivity contribution in [1.29, 1.82) is 0 Å². The highest BCUT2D eigenvalue weighted by molar-refractivity contribution is 9.11. The number of hydrogen-bond donors (Lipinski definition) is 3. The fraction of sp³-hybridized carbons (Fsp3) is 0.409. The predicted octanol–water partition coefficient (Wildman–Crippen LogP) is 1.97. The molecule has 1 aliphatic heterocycles. The highest BCUT2D eigenvalue weighted by Crippen LogP contribution is 2.46. The largest absolute Gasteiger partial charge is 0.529 e. The number of nitro groups is 1. The van der Waals surface area contributed by atoms with E-state index in [0.29, 0.717) is 0 Å². The average Bonchev–Trinajstić information content (AvgIpc) is 3.25. The number of aromatic amines is 1. The second-order valence-electron chi connectivity index (χ2n) is 8.93. The van der Waals surface area contributed by atoms with Crippen LogP contribution in [0.1, 0.15) is 32.1 Å². The van der Waals surface area contributed by atoms with Crippen molar-refractivity contribution in [1.82, 2.24) is 9.55 Å². The topological polar surface area (TPSA) is 213 Å². The van der Waals surface area contributed by atoms with Crippen molar-refractivity contribution in [2.75, 3.05) is 18.8 Å². The molecule has 40 heavy (non-hydrogen) atoms. The lowest BCUT2D eigenvalue weighted by Gasteiger charge is -2.35. The molecular formula is C22H26BrN4O12P. The Morgan fingerprint density at radius 2 is 2.02 bits per heavy atom. The van der Waals surface area contributed by atoms with Crippen LogP contribution in [0.15, 0.2) is 45.0 Å². The van der Waals surface area contributed by atoms with Gasteiger partial charge in [0.2, 0.25) is 0 Å². The number of carbonyl (C=O) groups excluding carboxylic acids is 1. The Morgan fingerprint density at radius 1 is 1.38 bits per heavy atom. The van der Waals surface area contributed by atoms with Crippen molar-refractivity contribution in [3.05, 3.63) is 72.0 Å². The molecule has 0 radical (unpaired) electrons. The van der Waals surface area contributed by atoms with E-state index in [4.69, 9.17) is 18.6 Å². The zero-order chi connectivity index (χ0) is 29.8. The van der Waals surface area contributed by atoms with Crippen LogP contribution in [0.2, 0.25) is 0 Å². The first-order chi connectivity index (χ1) is 18.7. The molecule has 1 saturated heterocycles. The number of non-ortho nitro benzene ring substituents is 1. The van der Waals surface area contributed by atoms with Crippen LogP contribution in [-0.4, -0.2) is 61.9 Å². The van der Waals surface area contributed by atoms with E-state index in [1.165, 1.54) is 62.5 Å². The summed E-state index contributed by atoms with van der Waals surface area (Å²) in [6.45, 7) is 1.94. The fourth-order valence-electron chi connectivity index (χ4n) is 3.80. The van der Waals surface area contributed by atoms with Gasteiger partial charge in [0.25, 0.3) is 11.2 Å². The van der Waals surface area contributed by atoms with Crippen molar-refractivity contribution in [3.63, 3.8) is 0 Å². The number of hydroxylamine groups is 1. The summed E-state index contributed by atoms with van der Waals surface area (Å²) in [4.78, 5) is 66.2. The first kappa shape index (κ1) is 31.3. The van der Waals surface area contributed by atoms with Crippen LogP contribution >= 0.6 is 23.8 Å². The number of aromatic nitrogens is 2. The molecule has 1 aliphatic rings. The highest BCUT2D eigenvalue weighted by Gasteiger charge is 2.43. The molecule has 1 fully saturated rings. The normalized spacial score (nSPS) is 20.8. The van der Waals surface area contributed by atoms with E-state index < -0.39 is 60.5 Å². The number of H-pyrrole nitrogens is 1. The Bertz CT molecular complexity index is 1440. The maximum Gasteiger partial charge on any atom is 0.529 e. The van der Waals surface area contributed by atoms with Gasteiger partial charge in [0, 0.05) is 24.8 Å². The van der Waals surface area contributed by atoms with E-state index >= 15 is 0 Å². The van der Waals surface area contributed by atoms with E-state index in [2.05, 4.69) is 20.9 Å². The van der Waals surface area contributed by atoms with E-state index in [1.807, 2.05) is 0 Å². The fourth-order valence-corrected chi connectivity index (χ4v) is 4.90. The van der Waals surface area contributed by atoms with E-state index in [1.54, 1.807) is 0 Å². The SMILES string of the molecule is CON(c1ccc([N+](=O)[O-])cc1)C(C)(C)C(=O)OP(=O)(O)OC[C@H]1O[C@@H](n2cc(/C=C/Br)c(=O)[nH]c2=O)C[C@@H]1O. The van der Waals surface area contributed by atoms with Crippen LogP contribution < -0.4 is 16.3 Å². The Balaban J connectivity index is 1.66. The second kappa shape index (κ2) is 12.6. The zero-order valence-corrected chi connectivity index (χ0v) is 23.8. The number of aliphatic hydroxyl groups excluding tert-OH is 1. The number of anilines is 1. The Kier molecular flexibility index (Phi) is 9.84. The van der Waals surface area contributed by atoms with Crippen molar-refractivity contribution in [2.24, 2.45) is 0 Å². The maximum absolute atomic E-state index is 12.9. The van der Waals surface area contributed by atoms with Crippen LogP contribution in [-0.2, 0) is 28.0 Å². The molecule has 1 unspecified atom stereocenters. The Hall–Kier alpha value is -3.18. The molecule has 1 aromatic carbocycles. The van der Waals surface area contributed by atoms with Gasteiger partial charge in [-0.3, -0.25) is 38.7 Å². The van der Waals surface area contributed by atoms with Gasteiger partial charge in [-0.1, -0.05) is 15.9 Å². The molecule has 3 N–H and O–H groups in total. The van der Waals surface area contributed by atoms with Gasteiger partial charge in [-0.2, -0.15) is 0 Å². The van der Waals surface area contributed by atoms with Gasteiger partial charge in [-0.25, -0.2) is 19.2 Å². The third kappa shape index (κ3) is 7.11. The molecule has 218 valence electrons. The van der Waals surface area contributed by atoms with Crippen LogP contribution in [0.25, 0.3) is 6.08 Å². The molecule has 3 rings (SSSR count). The molecule has 18 heteroatoms. The van der Waals surface area contributed by atoms with Crippen molar-refractivity contribution in [3.8, 4) is 0 Å². The number of phosphoric ester groups is 1.